The minimum Gasteiger partial charge on any atom is -0.497 e. The molecule has 0 radical (unpaired) electrons. The number of methoxy groups -OCH3 is 3. The molecule has 0 fully saturated rings. The van der Waals surface area contributed by atoms with Crippen molar-refractivity contribution in [3.63, 3.8) is 0 Å². The van der Waals surface area contributed by atoms with Gasteiger partial charge in [-0.05, 0) is 54.6 Å². The van der Waals surface area contributed by atoms with E-state index in [4.69, 9.17) is 18.6 Å². The van der Waals surface area contributed by atoms with Crippen molar-refractivity contribution >= 4 is 22.7 Å². The van der Waals surface area contributed by atoms with Crippen LogP contribution in [0.5, 0.6) is 17.2 Å². The van der Waals surface area contributed by atoms with Gasteiger partial charge in [0.25, 0.3) is 5.91 Å². The van der Waals surface area contributed by atoms with E-state index in [1.54, 1.807) is 50.6 Å². The lowest BCUT2D eigenvalue weighted by Crippen LogP contribution is -2.12. The van der Waals surface area contributed by atoms with Crippen LogP contribution in [0.4, 0.5) is 5.69 Å². The topological polar surface area (TPSA) is 82.8 Å². The SMILES string of the molecule is COc1ccc(-c2nc3ccc(NC(=O)c4ccc(OC)c(OC)c4)cc3o2)cc1. The summed E-state index contributed by atoms with van der Waals surface area (Å²) in [5.41, 5.74) is 3.16. The first-order chi connectivity index (χ1) is 14.6. The van der Waals surface area contributed by atoms with Crippen LogP contribution in [0, 0.1) is 0 Å². The smallest absolute Gasteiger partial charge is 0.255 e. The summed E-state index contributed by atoms with van der Waals surface area (Å²) in [5, 5.41) is 2.86. The van der Waals surface area contributed by atoms with E-state index in [9.17, 15) is 4.79 Å². The molecule has 1 heterocycles. The van der Waals surface area contributed by atoms with Crippen molar-refractivity contribution in [1.29, 1.82) is 0 Å². The Morgan fingerprint density at radius 1 is 0.867 bits per heavy atom. The number of ether oxygens (including phenoxy) is 3. The molecule has 30 heavy (non-hydrogen) atoms. The molecule has 7 heteroatoms. The fraction of sp³-hybridized carbons (Fsp3) is 0.130. The molecule has 7 nitrogen and oxygen atoms in total. The molecule has 0 unspecified atom stereocenters. The molecule has 152 valence electrons. The van der Waals surface area contributed by atoms with Crippen molar-refractivity contribution in [2.75, 3.05) is 26.6 Å². The van der Waals surface area contributed by atoms with Crippen molar-refractivity contribution in [1.82, 2.24) is 4.98 Å². The molecule has 1 amide bonds. The molecule has 0 aliphatic carbocycles. The maximum absolute atomic E-state index is 12.6. The Labute approximate surface area is 173 Å². The third-order valence-electron chi connectivity index (χ3n) is 4.63. The van der Waals surface area contributed by atoms with Crippen molar-refractivity contribution in [3.05, 3.63) is 66.2 Å². The highest BCUT2D eigenvalue weighted by Gasteiger charge is 2.13. The quantitative estimate of drug-likeness (QED) is 0.498. The predicted molar refractivity (Wildman–Crippen MR) is 113 cm³/mol. The number of nitrogens with zero attached hydrogens (tertiary/aromatic N) is 1. The van der Waals surface area contributed by atoms with Crippen LogP contribution in [0.3, 0.4) is 0 Å². The van der Waals surface area contributed by atoms with Crippen molar-refractivity contribution in [3.8, 4) is 28.7 Å². The standard InChI is InChI=1S/C23H20N2O5/c1-27-17-8-4-14(5-9-17)23-25-18-10-7-16(13-20(18)30-23)24-22(26)15-6-11-19(28-2)21(12-15)29-3/h4-13H,1-3H3,(H,24,26). The Bertz CT molecular complexity index is 1200. The number of carbonyl (C=O) groups excluding carboxylic acids is 1. The molecule has 1 aromatic heterocycles. The summed E-state index contributed by atoms with van der Waals surface area (Å²) in [6, 6.07) is 17.8. The van der Waals surface area contributed by atoms with Crippen LogP contribution >= 0.6 is 0 Å². The lowest BCUT2D eigenvalue weighted by atomic mass is 10.2. The Kier molecular flexibility index (Phi) is 5.26. The van der Waals surface area contributed by atoms with Crippen LogP contribution in [0.2, 0.25) is 0 Å². The third-order valence-corrected chi connectivity index (χ3v) is 4.63. The summed E-state index contributed by atoms with van der Waals surface area (Å²) in [7, 11) is 4.69. The van der Waals surface area contributed by atoms with Gasteiger partial charge in [-0.2, -0.15) is 0 Å². The average Bonchev–Trinajstić information content (AvgIpc) is 3.22. The van der Waals surface area contributed by atoms with E-state index in [-0.39, 0.29) is 5.91 Å². The van der Waals surface area contributed by atoms with E-state index in [0.29, 0.717) is 39.7 Å². The summed E-state index contributed by atoms with van der Waals surface area (Å²) in [6.07, 6.45) is 0. The lowest BCUT2D eigenvalue weighted by molar-refractivity contribution is 0.102. The van der Waals surface area contributed by atoms with E-state index < -0.39 is 0 Å². The van der Waals surface area contributed by atoms with Crippen LogP contribution < -0.4 is 19.5 Å². The first-order valence-electron chi connectivity index (χ1n) is 9.19. The van der Waals surface area contributed by atoms with Gasteiger partial charge in [-0.15, -0.1) is 0 Å². The van der Waals surface area contributed by atoms with Gasteiger partial charge >= 0.3 is 0 Å². The number of fused-ring (bicyclic) bond motifs is 1. The van der Waals surface area contributed by atoms with E-state index in [0.717, 1.165) is 11.3 Å². The molecule has 0 aliphatic rings. The number of rotatable bonds is 6. The first kappa shape index (κ1) is 19.3. The highest BCUT2D eigenvalue weighted by molar-refractivity contribution is 6.05. The van der Waals surface area contributed by atoms with Crippen molar-refractivity contribution < 1.29 is 23.4 Å². The van der Waals surface area contributed by atoms with Crippen molar-refractivity contribution in [2.45, 2.75) is 0 Å². The van der Waals surface area contributed by atoms with Crippen LogP contribution in [0.1, 0.15) is 10.4 Å². The van der Waals surface area contributed by atoms with E-state index in [2.05, 4.69) is 10.3 Å². The lowest BCUT2D eigenvalue weighted by Gasteiger charge is -2.10. The number of carbonyl (C=O) groups is 1. The molecule has 4 aromatic rings. The van der Waals surface area contributed by atoms with Gasteiger partial charge in [0, 0.05) is 22.9 Å². The minimum atomic E-state index is -0.273. The van der Waals surface area contributed by atoms with Gasteiger partial charge in [-0.1, -0.05) is 0 Å². The van der Waals surface area contributed by atoms with Gasteiger partial charge in [0.2, 0.25) is 5.89 Å². The largest absolute Gasteiger partial charge is 0.497 e. The fourth-order valence-corrected chi connectivity index (χ4v) is 3.04. The molecule has 0 aliphatic heterocycles. The monoisotopic (exact) mass is 404 g/mol. The number of nitrogens with one attached hydrogen (secondary N) is 1. The minimum absolute atomic E-state index is 0.273. The zero-order chi connectivity index (χ0) is 21.1. The zero-order valence-electron chi connectivity index (χ0n) is 16.8. The molecule has 0 atom stereocenters. The second-order valence-electron chi connectivity index (χ2n) is 6.45. The molecule has 0 saturated heterocycles. The van der Waals surface area contributed by atoms with E-state index in [1.165, 1.54) is 7.11 Å². The van der Waals surface area contributed by atoms with E-state index in [1.807, 2.05) is 24.3 Å². The van der Waals surface area contributed by atoms with Gasteiger partial charge in [-0.3, -0.25) is 4.79 Å². The van der Waals surface area contributed by atoms with Gasteiger partial charge in [0.1, 0.15) is 11.3 Å². The first-order valence-corrected chi connectivity index (χ1v) is 9.19. The fourth-order valence-electron chi connectivity index (χ4n) is 3.04. The number of amides is 1. The molecule has 0 spiro atoms. The predicted octanol–water partition coefficient (Wildman–Crippen LogP) is 4.77. The van der Waals surface area contributed by atoms with Gasteiger partial charge < -0.3 is 23.9 Å². The van der Waals surface area contributed by atoms with Crippen molar-refractivity contribution in [2.24, 2.45) is 0 Å². The summed E-state index contributed by atoms with van der Waals surface area (Å²) in [4.78, 5) is 17.1. The van der Waals surface area contributed by atoms with Gasteiger partial charge in [0.15, 0.2) is 17.1 Å². The maximum Gasteiger partial charge on any atom is 0.255 e. The van der Waals surface area contributed by atoms with Gasteiger partial charge in [-0.25, -0.2) is 4.98 Å². The second-order valence-corrected chi connectivity index (χ2v) is 6.45. The van der Waals surface area contributed by atoms with E-state index >= 15 is 0 Å². The second kappa shape index (κ2) is 8.16. The summed E-state index contributed by atoms with van der Waals surface area (Å²) in [5.74, 6) is 2.03. The molecule has 3 aromatic carbocycles. The number of hydrogen-bond donors (Lipinski definition) is 1. The molecule has 1 N–H and O–H groups in total. The maximum atomic E-state index is 12.6. The Morgan fingerprint density at radius 3 is 2.33 bits per heavy atom. The number of oxazole rings is 1. The Morgan fingerprint density at radius 2 is 1.63 bits per heavy atom. The Hall–Kier alpha value is -4.00. The number of anilines is 1. The van der Waals surface area contributed by atoms with Crippen LogP contribution in [0.15, 0.2) is 65.1 Å². The summed E-state index contributed by atoms with van der Waals surface area (Å²) >= 11 is 0. The van der Waals surface area contributed by atoms with Crippen LogP contribution in [-0.2, 0) is 0 Å². The molecule has 4 rings (SSSR count). The van der Waals surface area contributed by atoms with Crippen LogP contribution in [-0.4, -0.2) is 32.2 Å². The molecular weight excluding hydrogens is 384 g/mol. The average molecular weight is 404 g/mol. The number of hydrogen-bond acceptors (Lipinski definition) is 6. The number of aromatic nitrogens is 1. The summed E-state index contributed by atoms with van der Waals surface area (Å²) in [6.45, 7) is 0. The molecular formula is C23H20N2O5. The normalized spacial score (nSPS) is 10.6. The van der Waals surface area contributed by atoms with Gasteiger partial charge in [0.05, 0.1) is 21.3 Å². The third kappa shape index (κ3) is 3.77. The summed E-state index contributed by atoms with van der Waals surface area (Å²) < 4.78 is 21.5. The zero-order valence-corrected chi connectivity index (χ0v) is 16.8. The van der Waals surface area contributed by atoms with Crippen LogP contribution in [0.25, 0.3) is 22.6 Å². The number of benzene rings is 3. The highest BCUT2D eigenvalue weighted by Crippen LogP contribution is 2.29. The molecule has 0 bridgehead atoms. The molecule has 0 saturated carbocycles. The Balaban J connectivity index is 1.57. The highest BCUT2D eigenvalue weighted by atomic mass is 16.5.